The molecule has 0 unspecified atom stereocenters. The van der Waals surface area contributed by atoms with Gasteiger partial charge < -0.3 is 0 Å². The lowest BCUT2D eigenvalue weighted by Crippen LogP contribution is -2.26. The highest BCUT2D eigenvalue weighted by Gasteiger charge is 2.46. The number of hydrogen-bond acceptors (Lipinski definition) is 2. The van der Waals surface area contributed by atoms with Crippen molar-refractivity contribution in [2.45, 2.75) is 26.2 Å². The Labute approximate surface area is 118 Å². The summed E-state index contributed by atoms with van der Waals surface area (Å²) >= 11 is 0. The van der Waals surface area contributed by atoms with Gasteiger partial charge in [-0.1, -0.05) is 24.3 Å². The molecule has 3 nitrogen and oxygen atoms in total. The SMILES string of the molecule is C=C(OO)[N+]1=C(C)C(C)(C)c2c1ccc1ccccc21. The van der Waals surface area contributed by atoms with Crippen LogP contribution in [0, 0.1) is 0 Å². The van der Waals surface area contributed by atoms with Crippen molar-refractivity contribution < 1.29 is 14.7 Å². The molecule has 3 heteroatoms. The second kappa shape index (κ2) is 4.18. The Kier molecular flexibility index (Phi) is 2.69. The lowest BCUT2D eigenvalue weighted by atomic mass is 9.80. The van der Waals surface area contributed by atoms with Crippen LogP contribution in [0.15, 0.2) is 48.9 Å². The summed E-state index contributed by atoms with van der Waals surface area (Å²) in [5, 5.41) is 11.4. The van der Waals surface area contributed by atoms with Crippen LogP contribution in [0.3, 0.4) is 0 Å². The van der Waals surface area contributed by atoms with Gasteiger partial charge in [-0.2, -0.15) is 5.26 Å². The lowest BCUT2D eigenvalue weighted by molar-refractivity contribution is -0.468. The molecule has 20 heavy (non-hydrogen) atoms. The number of rotatable bonds is 2. The van der Waals surface area contributed by atoms with Crippen molar-refractivity contribution in [1.29, 1.82) is 0 Å². The molecule has 0 amide bonds. The highest BCUT2D eigenvalue weighted by Crippen LogP contribution is 2.44. The molecule has 0 saturated carbocycles. The highest BCUT2D eigenvalue weighted by molar-refractivity contribution is 6.01. The maximum Gasteiger partial charge on any atom is 0.398 e. The van der Waals surface area contributed by atoms with Gasteiger partial charge in [0.15, 0.2) is 5.71 Å². The average molecular weight is 268 g/mol. The molecule has 2 aromatic rings. The molecule has 0 aromatic heterocycles. The van der Waals surface area contributed by atoms with E-state index in [0.29, 0.717) is 0 Å². The molecular formula is C17H18NO2+. The van der Waals surface area contributed by atoms with E-state index in [0.717, 1.165) is 11.4 Å². The van der Waals surface area contributed by atoms with Gasteiger partial charge in [0.1, 0.15) is 0 Å². The molecule has 3 rings (SSSR count). The van der Waals surface area contributed by atoms with Crippen molar-refractivity contribution in [3.8, 4) is 0 Å². The summed E-state index contributed by atoms with van der Waals surface area (Å²) in [6.45, 7) is 10.2. The van der Waals surface area contributed by atoms with Gasteiger partial charge in [0.05, 0.1) is 5.41 Å². The molecule has 0 fully saturated rings. The highest BCUT2D eigenvalue weighted by atomic mass is 17.1. The summed E-state index contributed by atoms with van der Waals surface area (Å²) in [4.78, 5) is 4.38. The van der Waals surface area contributed by atoms with E-state index in [1.54, 1.807) is 0 Å². The average Bonchev–Trinajstić information content (AvgIpc) is 2.66. The first-order valence-corrected chi connectivity index (χ1v) is 6.65. The van der Waals surface area contributed by atoms with Crippen molar-refractivity contribution >= 4 is 22.2 Å². The molecule has 0 bridgehead atoms. The number of benzene rings is 2. The van der Waals surface area contributed by atoms with Crippen molar-refractivity contribution in [2.75, 3.05) is 0 Å². The van der Waals surface area contributed by atoms with Crippen molar-refractivity contribution in [2.24, 2.45) is 0 Å². The second-order valence-electron chi connectivity index (χ2n) is 5.71. The van der Waals surface area contributed by atoms with Gasteiger partial charge >= 0.3 is 5.88 Å². The fourth-order valence-electron chi connectivity index (χ4n) is 3.11. The van der Waals surface area contributed by atoms with Gasteiger partial charge in [0, 0.05) is 25.1 Å². The third kappa shape index (κ3) is 1.53. The zero-order valence-electron chi connectivity index (χ0n) is 12.0. The van der Waals surface area contributed by atoms with Gasteiger partial charge in [-0.25, -0.2) is 0 Å². The molecule has 2 aromatic carbocycles. The summed E-state index contributed by atoms with van der Waals surface area (Å²) in [7, 11) is 0. The van der Waals surface area contributed by atoms with E-state index in [4.69, 9.17) is 5.26 Å². The first kappa shape index (κ1) is 12.9. The largest absolute Gasteiger partial charge is 0.398 e. The molecule has 0 spiro atoms. The Hall–Kier alpha value is -2.13. The molecule has 1 aliphatic heterocycles. The smallest absolute Gasteiger partial charge is 0.274 e. The van der Waals surface area contributed by atoms with Crippen LogP contribution in [0.25, 0.3) is 10.8 Å². The molecule has 1 N–H and O–H groups in total. The Morgan fingerprint density at radius 3 is 2.60 bits per heavy atom. The fourth-order valence-corrected chi connectivity index (χ4v) is 3.11. The normalized spacial score (nSPS) is 16.4. The standard InChI is InChI=1S/C17H17NO2/c1-11-17(3,4)16-14-8-6-5-7-13(14)9-10-15(16)18(11)12(2)20-19/h5-10H,2H2,1,3-4H3/p+1. The van der Waals surface area contributed by atoms with E-state index in [2.05, 4.69) is 49.6 Å². The van der Waals surface area contributed by atoms with E-state index in [9.17, 15) is 0 Å². The number of hydrogen-bond donors (Lipinski definition) is 1. The van der Waals surface area contributed by atoms with E-state index in [-0.39, 0.29) is 11.3 Å². The van der Waals surface area contributed by atoms with Crippen LogP contribution in [0.4, 0.5) is 5.69 Å². The molecule has 102 valence electrons. The number of nitrogens with zero attached hydrogens (tertiary/aromatic N) is 1. The molecule has 1 heterocycles. The predicted molar refractivity (Wildman–Crippen MR) is 80.4 cm³/mol. The molecule has 0 radical (unpaired) electrons. The Morgan fingerprint density at radius 2 is 1.90 bits per heavy atom. The van der Waals surface area contributed by atoms with Crippen molar-refractivity contribution in [3.05, 3.63) is 54.4 Å². The first-order chi connectivity index (χ1) is 9.48. The van der Waals surface area contributed by atoms with Gasteiger partial charge in [0.2, 0.25) is 5.69 Å². The van der Waals surface area contributed by atoms with Crippen LogP contribution in [-0.2, 0) is 10.3 Å². The van der Waals surface area contributed by atoms with Crippen LogP contribution in [0.5, 0.6) is 0 Å². The monoisotopic (exact) mass is 268 g/mol. The van der Waals surface area contributed by atoms with Crippen LogP contribution >= 0.6 is 0 Å². The molecule has 1 aliphatic rings. The molecule has 0 atom stereocenters. The third-order valence-electron chi connectivity index (χ3n) is 4.37. The number of fused-ring (bicyclic) bond motifs is 3. The summed E-state index contributed by atoms with van der Waals surface area (Å²) in [6.07, 6.45) is 0. The minimum atomic E-state index is -0.141. The Morgan fingerprint density at radius 1 is 1.20 bits per heavy atom. The van der Waals surface area contributed by atoms with Crippen molar-refractivity contribution in [3.63, 3.8) is 0 Å². The fraction of sp³-hybridized carbons (Fsp3) is 0.235. The van der Waals surface area contributed by atoms with Gasteiger partial charge in [0.25, 0.3) is 0 Å². The van der Waals surface area contributed by atoms with E-state index in [1.165, 1.54) is 16.3 Å². The van der Waals surface area contributed by atoms with Crippen LogP contribution in [0.1, 0.15) is 26.3 Å². The van der Waals surface area contributed by atoms with Crippen LogP contribution in [0.2, 0.25) is 0 Å². The summed E-state index contributed by atoms with van der Waals surface area (Å²) < 4.78 is 1.88. The minimum Gasteiger partial charge on any atom is -0.274 e. The lowest BCUT2D eigenvalue weighted by Gasteiger charge is -2.16. The molecular weight excluding hydrogens is 250 g/mol. The van der Waals surface area contributed by atoms with E-state index < -0.39 is 0 Å². The maximum atomic E-state index is 8.97. The van der Waals surface area contributed by atoms with E-state index >= 15 is 0 Å². The zero-order chi connectivity index (χ0) is 14.5. The third-order valence-corrected chi connectivity index (χ3v) is 4.37. The first-order valence-electron chi connectivity index (χ1n) is 6.65. The maximum absolute atomic E-state index is 8.97. The van der Waals surface area contributed by atoms with Gasteiger partial charge in [-0.05, 0) is 30.7 Å². The van der Waals surface area contributed by atoms with Crippen LogP contribution < -0.4 is 0 Å². The second-order valence-corrected chi connectivity index (χ2v) is 5.71. The molecule has 0 saturated heterocycles. The van der Waals surface area contributed by atoms with Gasteiger partial charge in [-0.15, -0.1) is 4.58 Å². The summed E-state index contributed by atoms with van der Waals surface area (Å²) in [5.41, 5.74) is 3.21. The Balaban J connectivity index is 2.40. The van der Waals surface area contributed by atoms with Crippen molar-refractivity contribution in [1.82, 2.24) is 0 Å². The van der Waals surface area contributed by atoms with Crippen LogP contribution in [-0.4, -0.2) is 15.5 Å². The zero-order valence-corrected chi connectivity index (χ0v) is 12.0. The Bertz CT molecular complexity index is 757. The molecule has 0 aliphatic carbocycles. The van der Waals surface area contributed by atoms with E-state index in [1.807, 2.05) is 23.6 Å². The minimum absolute atomic E-state index is 0.141. The topological polar surface area (TPSA) is 32.5 Å². The predicted octanol–water partition coefficient (Wildman–Crippen LogP) is 4.20. The van der Waals surface area contributed by atoms with Gasteiger partial charge in [-0.3, -0.25) is 4.89 Å². The summed E-state index contributed by atoms with van der Waals surface area (Å²) in [5.74, 6) is 0.226. The summed E-state index contributed by atoms with van der Waals surface area (Å²) in [6, 6.07) is 12.5. The quantitative estimate of drug-likeness (QED) is 0.383.